The summed E-state index contributed by atoms with van der Waals surface area (Å²) in [6, 6.07) is 8.80. The maximum absolute atomic E-state index is 5.43. The van der Waals surface area contributed by atoms with Gasteiger partial charge < -0.3 is 20.1 Å². The fourth-order valence-corrected chi connectivity index (χ4v) is 4.34. The second-order valence-corrected chi connectivity index (χ2v) is 8.34. The normalized spacial score (nSPS) is 19.1. The number of hydrogen-bond acceptors (Lipinski definition) is 5. The van der Waals surface area contributed by atoms with Gasteiger partial charge in [-0.15, -0.1) is 24.0 Å². The van der Waals surface area contributed by atoms with Gasteiger partial charge in [0.25, 0.3) is 0 Å². The molecule has 0 amide bonds. The molecule has 2 fully saturated rings. The van der Waals surface area contributed by atoms with Gasteiger partial charge >= 0.3 is 0 Å². The number of piperidine rings is 1. The molecular weight excluding hydrogens is 517 g/mol. The minimum absolute atomic E-state index is 0. The second kappa shape index (κ2) is 15.7. The first-order chi connectivity index (χ1) is 15.3. The average Bonchev–Trinajstić information content (AvgIpc) is 2.83. The maximum atomic E-state index is 5.43. The number of rotatable bonds is 10. The molecule has 3 rings (SSSR count). The van der Waals surface area contributed by atoms with Gasteiger partial charge in [-0.05, 0) is 63.5 Å². The summed E-state index contributed by atoms with van der Waals surface area (Å²) in [5.74, 6) is 1.82. The number of methoxy groups -OCH3 is 1. The molecule has 0 radical (unpaired) electrons. The Kier molecular flexibility index (Phi) is 13.3. The largest absolute Gasteiger partial charge is 0.497 e. The summed E-state index contributed by atoms with van der Waals surface area (Å²) in [5, 5.41) is 6.95. The predicted molar refractivity (Wildman–Crippen MR) is 142 cm³/mol. The molecule has 2 heterocycles. The van der Waals surface area contributed by atoms with Crippen molar-refractivity contribution < 1.29 is 9.47 Å². The van der Waals surface area contributed by atoms with E-state index in [2.05, 4.69) is 51.6 Å². The lowest BCUT2D eigenvalue weighted by Gasteiger charge is -2.34. The molecule has 2 aliphatic rings. The number of nitrogens with one attached hydrogen (secondary N) is 2. The fourth-order valence-electron chi connectivity index (χ4n) is 4.34. The number of nitrogens with zero attached hydrogens (tertiary/aromatic N) is 3. The second-order valence-electron chi connectivity index (χ2n) is 8.34. The van der Waals surface area contributed by atoms with Crippen LogP contribution in [0.15, 0.2) is 29.3 Å². The number of halogens is 1. The van der Waals surface area contributed by atoms with E-state index in [1.807, 2.05) is 0 Å². The molecular formula is C24H42IN5O2. The van der Waals surface area contributed by atoms with Gasteiger partial charge in [-0.2, -0.15) is 0 Å². The van der Waals surface area contributed by atoms with Crippen molar-refractivity contribution in [1.82, 2.24) is 20.4 Å². The molecule has 8 heteroatoms. The molecule has 0 spiro atoms. The topological polar surface area (TPSA) is 61.4 Å². The van der Waals surface area contributed by atoms with Crippen LogP contribution in [0, 0.1) is 0 Å². The van der Waals surface area contributed by atoms with Gasteiger partial charge in [-0.1, -0.05) is 18.6 Å². The van der Waals surface area contributed by atoms with E-state index >= 15 is 0 Å². The smallest absolute Gasteiger partial charge is 0.191 e. The molecule has 1 aromatic rings. The van der Waals surface area contributed by atoms with Crippen LogP contribution in [0.5, 0.6) is 5.75 Å². The van der Waals surface area contributed by atoms with E-state index < -0.39 is 0 Å². The Balaban J connectivity index is 0.00000363. The van der Waals surface area contributed by atoms with Crippen molar-refractivity contribution in [3.63, 3.8) is 0 Å². The highest BCUT2D eigenvalue weighted by Crippen LogP contribution is 2.26. The zero-order valence-electron chi connectivity index (χ0n) is 19.9. The first-order valence-corrected chi connectivity index (χ1v) is 12.0. The van der Waals surface area contributed by atoms with Crippen LogP contribution in [0.3, 0.4) is 0 Å². The Morgan fingerprint density at radius 3 is 2.44 bits per heavy atom. The van der Waals surface area contributed by atoms with Crippen LogP contribution >= 0.6 is 24.0 Å². The quantitative estimate of drug-likeness (QED) is 0.199. The summed E-state index contributed by atoms with van der Waals surface area (Å²) in [7, 11) is 1.72. The first kappa shape index (κ1) is 27.1. The van der Waals surface area contributed by atoms with E-state index in [4.69, 9.17) is 14.5 Å². The minimum atomic E-state index is 0. The van der Waals surface area contributed by atoms with E-state index in [1.165, 1.54) is 24.8 Å². The Hall–Kier alpha value is -1.10. The van der Waals surface area contributed by atoms with Crippen molar-refractivity contribution in [2.45, 2.75) is 38.6 Å². The average molecular weight is 560 g/mol. The molecule has 2 N–H and O–H groups in total. The van der Waals surface area contributed by atoms with E-state index in [1.54, 1.807) is 7.11 Å². The lowest BCUT2D eigenvalue weighted by Crippen LogP contribution is -2.41. The van der Waals surface area contributed by atoms with Gasteiger partial charge in [0.15, 0.2) is 5.96 Å². The van der Waals surface area contributed by atoms with Crippen LogP contribution < -0.4 is 15.4 Å². The molecule has 32 heavy (non-hydrogen) atoms. The summed E-state index contributed by atoms with van der Waals surface area (Å²) in [5.41, 5.74) is 1.31. The fraction of sp³-hybridized carbons (Fsp3) is 0.708. The van der Waals surface area contributed by atoms with Crippen molar-refractivity contribution in [1.29, 1.82) is 0 Å². The Morgan fingerprint density at radius 2 is 1.78 bits per heavy atom. The molecule has 0 aromatic heterocycles. The van der Waals surface area contributed by atoms with Crippen LogP contribution in [-0.4, -0.2) is 88.4 Å². The third kappa shape index (κ3) is 9.03. The summed E-state index contributed by atoms with van der Waals surface area (Å²) in [6.07, 6.45) is 4.99. The highest BCUT2D eigenvalue weighted by molar-refractivity contribution is 14.0. The van der Waals surface area contributed by atoms with Crippen LogP contribution in [0.25, 0.3) is 0 Å². The molecule has 0 aliphatic carbocycles. The number of aliphatic imine (C=N–C) groups is 1. The van der Waals surface area contributed by atoms with Gasteiger partial charge in [0.05, 0.1) is 32.9 Å². The number of hydrogen-bond donors (Lipinski definition) is 2. The van der Waals surface area contributed by atoms with E-state index in [9.17, 15) is 0 Å². The van der Waals surface area contributed by atoms with E-state index in [0.29, 0.717) is 6.04 Å². The van der Waals surface area contributed by atoms with Gasteiger partial charge in [-0.3, -0.25) is 14.8 Å². The number of ether oxygens (including phenoxy) is 2. The van der Waals surface area contributed by atoms with Crippen molar-refractivity contribution in [2.75, 3.05) is 72.7 Å². The lowest BCUT2D eigenvalue weighted by atomic mass is 10.0. The Labute approximate surface area is 211 Å². The van der Waals surface area contributed by atoms with Gasteiger partial charge in [0.1, 0.15) is 5.75 Å². The summed E-state index contributed by atoms with van der Waals surface area (Å²) in [4.78, 5) is 10.1. The maximum Gasteiger partial charge on any atom is 0.191 e. The zero-order chi connectivity index (χ0) is 21.7. The van der Waals surface area contributed by atoms with Crippen LogP contribution in [-0.2, 0) is 4.74 Å². The SMILES string of the molecule is CCNC(=NCC(c1ccc(OC)cc1)N1CCCCC1)NCCCN1CCOCC1.I. The van der Waals surface area contributed by atoms with Crippen molar-refractivity contribution >= 4 is 29.9 Å². The van der Waals surface area contributed by atoms with Crippen molar-refractivity contribution in [3.8, 4) is 5.75 Å². The standard InChI is InChI=1S/C24H41N5O2.HI/c1-3-25-24(26-12-7-13-28-16-18-31-19-17-28)27-20-23(29-14-5-4-6-15-29)21-8-10-22(30-2)11-9-21;/h8-11,23H,3-7,12-20H2,1-2H3,(H2,25,26,27);1H. The van der Waals surface area contributed by atoms with E-state index in [-0.39, 0.29) is 24.0 Å². The number of benzene rings is 1. The summed E-state index contributed by atoms with van der Waals surface area (Å²) >= 11 is 0. The third-order valence-electron chi connectivity index (χ3n) is 6.15. The van der Waals surface area contributed by atoms with E-state index in [0.717, 1.165) is 83.7 Å². The molecule has 2 aliphatic heterocycles. The van der Waals surface area contributed by atoms with Crippen molar-refractivity contribution in [2.24, 2.45) is 4.99 Å². The molecule has 2 saturated heterocycles. The molecule has 7 nitrogen and oxygen atoms in total. The molecule has 1 unspecified atom stereocenters. The summed E-state index contributed by atoms with van der Waals surface area (Å²) < 4.78 is 10.8. The molecule has 1 atom stereocenters. The highest BCUT2D eigenvalue weighted by atomic mass is 127. The number of guanidine groups is 1. The lowest BCUT2D eigenvalue weighted by molar-refractivity contribution is 0.0376. The summed E-state index contributed by atoms with van der Waals surface area (Å²) in [6.45, 7) is 11.9. The monoisotopic (exact) mass is 559 g/mol. The van der Waals surface area contributed by atoms with Gasteiger partial charge in [0.2, 0.25) is 0 Å². The van der Waals surface area contributed by atoms with Crippen LogP contribution in [0.1, 0.15) is 44.2 Å². The minimum Gasteiger partial charge on any atom is -0.497 e. The van der Waals surface area contributed by atoms with Crippen LogP contribution in [0.4, 0.5) is 0 Å². The zero-order valence-corrected chi connectivity index (χ0v) is 22.2. The molecule has 0 saturated carbocycles. The van der Waals surface area contributed by atoms with Crippen LogP contribution in [0.2, 0.25) is 0 Å². The predicted octanol–water partition coefficient (Wildman–Crippen LogP) is 3.12. The first-order valence-electron chi connectivity index (χ1n) is 12.0. The molecule has 182 valence electrons. The number of morpholine rings is 1. The van der Waals surface area contributed by atoms with Gasteiger partial charge in [-0.25, -0.2) is 0 Å². The number of likely N-dealkylation sites (tertiary alicyclic amines) is 1. The van der Waals surface area contributed by atoms with Gasteiger partial charge in [0, 0.05) is 26.2 Å². The molecule has 0 bridgehead atoms. The molecule has 1 aromatic carbocycles. The Morgan fingerprint density at radius 1 is 1.06 bits per heavy atom. The Bertz CT molecular complexity index is 646. The highest BCUT2D eigenvalue weighted by Gasteiger charge is 2.22. The van der Waals surface area contributed by atoms with Crippen molar-refractivity contribution in [3.05, 3.63) is 29.8 Å². The third-order valence-corrected chi connectivity index (χ3v) is 6.15.